The highest BCUT2D eigenvalue weighted by atomic mass is 15.4. The van der Waals surface area contributed by atoms with Gasteiger partial charge in [0.2, 0.25) is 5.69 Å². The van der Waals surface area contributed by atoms with E-state index in [1.165, 1.54) is 11.1 Å². The Labute approximate surface area is 89.9 Å². The van der Waals surface area contributed by atoms with E-state index < -0.39 is 0 Å². The van der Waals surface area contributed by atoms with Gasteiger partial charge in [-0.15, -0.1) is 0 Å². The molecule has 0 aliphatic carbocycles. The summed E-state index contributed by atoms with van der Waals surface area (Å²) in [5.41, 5.74) is 14.1. The summed E-state index contributed by atoms with van der Waals surface area (Å²) in [4.78, 5) is 0. The molecule has 1 aromatic rings. The Morgan fingerprint density at radius 1 is 1.27 bits per heavy atom. The van der Waals surface area contributed by atoms with Crippen LogP contribution < -0.4 is 11.5 Å². The zero-order valence-electron chi connectivity index (χ0n) is 9.36. The smallest absolute Gasteiger partial charge is 0.257 e. The Hall–Kier alpha value is -1.84. The topological polar surface area (TPSA) is 67.4 Å². The molecule has 0 bridgehead atoms. The van der Waals surface area contributed by atoms with E-state index in [1.807, 2.05) is 31.3 Å². The highest BCUT2D eigenvalue weighted by molar-refractivity contribution is 5.75. The summed E-state index contributed by atoms with van der Waals surface area (Å²) in [6.07, 6.45) is 1.81. The molecule has 80 valence electrons. The van der Waals surface area contributed by atoms with Crippen LogP contribution in [0.25, 0.3) is 0 Å². The summed E-state index contributed by atoms with van der Waals surface area (Å²) in [5, 5.41) is 3.99. The normalized spacial score (nSPS) is 11.3. The molecule has 1 rings (SSSR count). The van der Waals surface area contributed by atoms with Gasteiger partial charge in [-0.1, -0.05) is 10.8 Å². The summed E-state index contributed by atoms with van der Waals surface area (Å²) in [6.45, 7) is 6.00. The molecule has 0 aliphatic heterocycles. The van der Waals surface area contributed by atoms with Gasteiger partial charge in [0, 0.05) is 24.2 Å². The van der Waals surface area contributed by atoms with Gasteiger partial charge in [-0.2, -0.15) is 0 Å². The van der Waals surface area contributed by atoms with Crippen molar-refractivity contribution in [2.24, 2.45) is 16.6 Å². The molecule has 4 nitrogen and oxygen atoms in total. The molecule has 0 saturated carbocycles. The second kappa shape index (κ2) is 4.59. The molecule has 0 heterocycles. The zero-order valence-corrected chi connectivity index (χ0v) is 9.36. The molecule has 0 amide bonds. The maximum atomic E-state index is 5.34. The SMILES string of the molecule is CC=[N+](N=C(N)N)c1ccc(C)c(C)c1. The van der Waals surface area contributed by atoms with Crippen molar-refractivity contribution in [1.29, 1.82) is 0 Å². The van der Waals surface area contributed by atoms with Crippen LogP contribution in [0.4, 0.5) is 5.69 Å². The molecular formula is C11H17N4+. The Bertz CT molecular complexity index is 415. The fourth-order valence-electron chi connectivity index (χ4n) is 1.26. The third kappa shape index (κ3) is 2.80. The number of benzene rings is 1. The Kier molecular flexibility index (Phi) is 3.44. The summed E-state index contributed by atoms with van der Waals surface area (Å²) >= 11 is 0. The Morgan fingerprint density at radius 2 is 1.93 bits per heavy atom. The van der Waals surface area contributed by atoms with Crippen LogP contribution in [0.5, 0.6) is 0 Å². The molecule has 1 aromatic carbocycles. The first-order valence-electron chi connectivity index (χ1n) is 4.80. The number of guanidine groups is 1. The molecule has 0 fully saturated rings. The van der Waals surface area contributed by atoms with E-state index in [0.717, 1.165) is 5.69 Å². The molecule has 4 N–H and O–H groups in total. The standard InChI is InChI=1S/C11H17N4/c1-4-15(14-11(12)13)10-6-5-8(2)9(3)7-10/h4-7H,1-3H3,(H4,12,13,14)/q+1. The van der Waals surface area contributed by atoms with E-state index in [4.69, 9.17) is 11.5 Å². The van der Waals surface area contributed by atoms with Crippen LogP contribution in [0.15, 0.2) is 23.3 Å². The minimum absolute atomic E-state index is 0.0475. The molecular weight excluding hydrogens is 188 g/mol. The molecule has 0 unspecified atom stereocenters. The lowest BCUT2D eigenvalue weighted by Crippen LogP contribution is -2.24. The molecule has 0 aliphatic rings. The highest BCUT2D eigenvalue weighted by Crippen LogP contribution is 2.16. The van der Waals surface area contributed by atoms with Gasteiger partial charge in [-0.05, 0) is 25.0 Å². The van der Waals surface area contributed by atoms with Gasteiger partial charge >= 0.3 is 0 Å². The van der Waals surface area contributed by atoms with Crippen molar-refractivity contribution in [3.05, 3.63) is 29.3 Å². The molecule has 0 saturated heterocycles. The lowest BCUT2D eigenvalue weighted by molar-refractivity contribution is -0.441. The predicted octanol–water partition coefficient (Wildman–Crippen LogP) is 1.23. The average molecular weight is 205 g/mol. The monoisotopic (exact) mass is 205 g/mol. The first-order valence-corrected chi connectivity index (χ1v) is 4.80. The van der Waals surface area contributed by atoms with Crippen LogP contribution in [0.1, 0.15) is 18.1 Å². The maximum absolute atomic E-state index is 5.34. The van der Waals surface area contributed by atoms with Crippen LogP contribution in [-0.2, 0) is 0 Å². The molecule has 0 spiro atoms. The number of hydrogen-bond acceptors (Lipinski definition) is 1. The van der Waals surface area contributed by atoms with E-state index in [1.54, 1.807) is 4.68 Å². The van der Waals surface area contributed by atoms with Crippen molar-refractivity contribution >= 4 is 17.9 Å². The predicted molar refractivity (Wildman–Crippen MR) is 63.4 cm³/mol. The molecule has 0 atom stereocenters. The minimum atomic E-state index is 0.0475. The van der Waals surface area contributed by atoms with Gasteiger partial charge in [0.25, 0.3) is 5.96 Å². The minimum Gasteiger partial charge on any atom is -0.365 e. The average Bonchev–Trinajstić information content (AvgIpc) is 2.18. The summed E-state index contributed by atoms with van der Waals surface area (Å²) in [7, 11) is 0. The van der Waals surface area contributed by atoms with Gasteiger partial charge in [-0.25, -0.2) is 0 Å². The second-order valence-electron chi connectivity index (χ2n) is 3.40. The Morgan fingerprint density at radius 3 is 2.40 bits per heavy atom. The van der Waals surface area contributed by atoms with E-state index in [9.17, 15) is 0 Å². The summed E-state index contributed by atoms with van der Waals surface area (Å²) < 4.78 is 1.65. The Balaban J connectivity index is 3.15. The lowest BCUT2D eigenvalue weighted by Gasteiger charge is -1.99. The van der Waals surface area contributed by atoms with E-state index in [2.05, 4.69) is 18.9 Å². The van der Waals surface area contributed by atoms with Crippen LogP contribution in [0.3, 0.4) is 0 Å². The van der Waals surface area contributed by atoms with Crippen molar-refractivity contribution in [3.63, 3.8) is 0 Å². The van der Waals surface area contributed by atoms with Gasteiger partial charge in [0.05, 0.1) is 0 Å². The van der Waals surface area contributed by atoms with Crippen molar-refractivity contribution in [2.75, 3.05) is 0 Å². The van der Waals surface area contributed by atoms with E-state index in [0.29, 0.717) is 0 Å². The largest absolute Gasteiger partial charge is 0.365 e. The molecule has 15 heavy (non-hydrogen) atoms. The van der Waals surface area contributed by atoms with Gasteiger partial charge in [0.1, 0.15) is 0 Å². The van der Waals surface area contributed by atoms with Gasteiger partial charge in [0.15, 0.2) is 6.21 Å². The third-order valence-corrected chi connectivity index (χ3v) is 2.22. The molecule has 0 radical (unpaired) electrons. The number of rotatable bonds is 2. The number of hydrazone groups is 1. The second-order valence-corrected chi connectivity index (χ2v) is 3.40. The number of nitrogens with two attached hydrogens (primary N) is 2. The maximum Gasteiger partial charge on any atom is 0.257 e. The van der Waals surface area contributed by atoms with E-state index >= 15 is 0 Å². The van der Waals surface area contributed by atoms with Crippen molar-refractivity contribution < 1.29 is 4.68 Å². The first-order chi connectivity index (χ1) is 7.04. The van der Waals surface area contributed by atoms with Crippen molar-refractivity contribution in [2.45, 2.75) is 20.8 Å². The zero-order chi connectivity index (χ0) is 11.4. The fraction of sp³-hybridized carbons (Fsp3) is 0.273. The number of hydrogen-bond donors (Lipinski definition) is 2. The van der Waals surface area contributed by atoms with Crippen molar-refractivity contribution in [3.8, 4) is 0 Å². The van der Waals surface area contributed by atoms with Crippen LogP contribution in [0.2, 0.25) is 0 Å². The van der Waals surface area contributed by atoms with Crippen LogP contribution >= 0.6 is 0 Å². The van der Waals surface area contributed by atoms with Gasteiger partial charge in [-0.3, -0.25) is 0 Å². The van der Waals surface area contributed by atoms with Crippen molar-refractivity contribution in [1.82, 2.24) is 0 Å². The summed E-state index contributed by atoms with van der Waals surface area (Å²) in [6, 6.07) is 6.07. The molecule has 0 aromatic heterocycles. The van der Waals surface area contributed by atoms with Gasteiger partial charge < -0.3 is 11.5 Å². The molecule has 4 heteroatoms. The van der Waals surface area contributed by atoms with Crippen LogP contribution in [-0.4, -0.2) is 16.9 Å². The number of nitrogens with zero attached hydrogens (tertiary/aromatic N) is 2. The van der Waals surface area contributed by atoms with E-state index in [-0.39, 0.29) is 5.96 Å². The highest BCUT2D eigenvalue weighted by Gasteiger charge is 2.08. The lowest BCUT2D eigenvalue weighted by atomic mass is 10.1. The summed E-state index contributed by atoms with van der Waals surface area (Å²) in [5.74, 6) is 0.0475. The fourth-order valence-corrected chi connectivity index (χ4v) is 1.26. The van der Waals surface area contributed by atoms with Crippen LogP contribution in [0, 0.1) is 13.8 Å². The quantitative estimate of drug-likeness (QED) is 0.330. The first kappa shape index (κ1) is 11.2. The number of aryl methyl sites for hydroxylation is 2. The third-order valence-electron chi connectivity index (χ3n) is 2.22.